The molecule has 19 heavy (non-hydrogen) atoms. The lowest BCUT2D eigenvalue weighted by molar-refractivity contribution is -0.131. The summed E-state index contributed by atoms with van der Waals surface area (Å²) in [5.74, 6) is 1.34. The average Bonchev–Trinajstić information content (AvgIpc) is 2.99. The van der Waals surface area contributed by atoms with Crippen molar-refractivity contribution in [3.63, 3.8) is 0 Å². The molecule has 1 aliphatic carbocycles. The highest BCUT2D eigenvalue weighted by atomic mass is 16.2. The summed E-state index contributed by atoms with van der Waals surface area (Å²) in [6, 6.07) is 1.26. The summed E-state index contributed by atoms with van der Waals surface area (Å²) < 4.78 is 0. The van der Waals surface area contributed by atoms with Gasteiger partial charge in [0.25, 0.3) is 0 Å². The van der Waals surface area contributed by atoms with Gasteiger partial charge in [0.2, 0.25) is 5.91 Å². The first-order chi connectivity index (χ1) is 9.31. The van der Waals surface area contributed by atoms with Crippen LogP contribution in [0.15, 0.2) is 0 Å². The normalized spacial score (nSPS) is 31.7. The van der Waals surface area contributed by atoms with E-state index in [1.54, 1.807) is 0 Å². The minimum Gasteiger partial charge on any atom is -0.341 e. The second kappa shape index (κ2) is 6.25. The van der Waals surface area contributed by atoms with E-state index in [2.05, 4.69) is 10.2 Å². The molecular weight excluding hydrogens is 236 g/mol. The van der Waals surface area contributed by atoms with Crippen molar-refractivity contribution in [3.05, 3.63) is 0 Å². The smallest absolute Gasteiger partial charge is 0.222 e. The molecule has 2 atom stereocenters. The standard InChI is InChI=1S/C16H28N2O/c19-16(7-3-6-13-4-1-2-5-13)18-11-10-14-8-9-15(12-18)17-14/h13-15,17H,1-12H2. The molecule has 3 nitrogen and oxygen atoms in total. The van der Waals surface area contributed by atoms with Gasteiger partial charge < -0.3 is 10.2 Å². The van der Waals surface area contributed by atoms with Crippen LogP contribution in [0.1, 0.15) is 64.2 Å². The number of amides is 1. The maximum Gasteiger partial charge on any atom is 0.222 e. The maximum atomic E-state index is 12.3. The molecular formula is C16H28N2O. The summed E-state index contributed by atoms with van der Waals surface area (Å²) in [5.41, 5.74) is 0. The Bertz CT molecular complexity index is 312. The van der Waals surface area contributed by atoms with Crippen LogP contribution in [0.4, 0.5) is 0 Å². The molecule has 2 unspecified atom stereocenters. The largest absolute Gasteiger partial charge is 0.341 e. The van der Waals surface area contributed by atoms with E-state index in [0.717, 1.165) is 38.3 Å². The summed E-state index contributed by atoms with van der Waals surface area (Å²) in [7, 11) is 0. The minimum atomic E-state index is 0.410. The number of carbonyl (C=O) groups is 1. The van der Waals surface area contributed by atoms with Crippen molar-refractivity contribution in [1.82, 2.24) is 10.2 Å². The number of fused-ring (bicyclic) bond motifs is 2. The Labute approximate surface area is 117 Å². The molecule has 1 amide bonds. The van der Waals surface area contributed by atoms with Crippen LogP contribution in [0.5, 0.6) is 0 Å². The van der Waals surface area contributed by atoms with Crippen LogP contribution in [-0.4, -0.2) is 36.0 Å². The summed E-state index contributed by atoms with van der Waals surface area (Å²) in [6.45, 7) is 1.94. The van der Waals surface area contributed by atoms with E-state index in [-0.39, 0.29) is 0 Å². The van der Waals surface area contributed by atoms with E-state index in [9.17, 15) is 4.79 Å². The number of hydrogen-bond donors (Lipinski definition) is 1. The van der Waals surface area contributed by atoms with Gasteiger partial charge in [-0.25, -0.2) is 0 Å². The van der Waals surface area contributed by atoms with Crippen LogP contribution in [0.2, 0.25) is 0 Å². The monoisotopic (exact) mass is 264 g/mol. The second-order valence-electron chi connectivity index (χ2n) is 6.81. The molecule has 2 saturated heterocycles. The number of nitrogens with one attached hydrogen (secondary N) is 1. The van der Waals surface area contributed by atoms with Crippen molar-refractivity contribution < 1.29 is 4.79 Å². The first-order valence-electron chi connectivity index (χ1n) is 8.35. The fourth-order valence-electron chi connectivity index (χ4n) is 4.17. The predicted octanol–water partition coefficient (Wildman–Crippen LogP) is 2.70. The maximum absolute atomic E-state index is 12.3. The average molecular weight is 264 g/mol. The molecule has 0 spiro atoms. The fourth-order valence-corrected chi connectivity index (χ4v) is 4.17. The van der Waals surface area contributed by atoms with Crippen LogP contribution in [-0.2, 0) is 4.79 Å². The molecule has 3 aliphatic rings. The Morgan fingerprint density at radius 3 is 2.68 bits per heavy atom. The molecule has 2 heterocycles. The van der Waals surface area contributed by atoms with Gasteiger partial charge in [-0.2, -0.15) is 0 Å². The van der Waals surface area contributed by atoms with Crippen molar-refractivity contribution in [3.8, 4) is 0 Å². The Kier molecular flexibility index (Phi) is 4.42. The van der Waals surface area contributed by atoms with Crippen LogP contribution < -0.4 is 5.32 Å². The van der Waals surface area contributed by atoms with Crippen molar-refractivity contribution in [2.75, 3.05) is 13.1 Å². The lowest BCUT2D eigenvalue weighted by Crippen LogP contribution is -2.38. The highest BCUT2D eigenvalue weighted by molar-refractivity contribution is 5.76. The molecule has 2 aliphatic heterocycles. The van der Waals surface area contributed by atoms with Gasteiger partial charge in [-0.15, -0.1) is 0 Å². The summed E-state index contributed by atoms with van der Waals surface area (Å²) in [5, 5.41) is 3.64. The minimum absolute atomic E-state index is 0.410. The number of likely N-dealkylation sites (tertiary alicyclic amines) is 1. The third-order valence-corrected chi connectivity index (χ3v) is 5.35. The van der Waals surface area contributed by atoms with E-state index in [1.165, 1.54) is 44.9 Å². The van der Waals surface area contributed by atoms with Gasteiger partial charge in [0.15, 0.2) is 0 Å². The zero-order valence-corrected chi connectivity index (χ0v) is 12.1. The fraction of sp³-hybridized carbons (Fsp3) is 0.938. The second-order valence-corrected chi connectivity index (χ2v) is 6.81. The molecule has 0 aromatic carbocycles. The quantitative estimate of drug-likeness (QED) is 0.846. The van der Waals surface area contributed by atoms with Gasteiger partial charge in [-0.3, -0.25) is 4.79 Å². The topological polar surface area (TPSA) is 32.3 Å². The SMILES string of the molecule is O=C(CCCC1CCCC1)N1CCC2CCC(C1)N2. The van der Waals surface area contributed by atoms with Crippen molar-refractivity contribution in [1.29, 1.82) is 0 Å². The van der Waals surface area contributed by atoms with E-state index in [4.69, 9.17) is 0 Å². The van der Waals surface area contributed by atoms with Crippen LogP contribution in [0.3, 0.4) is 0 Å². The third-order valence-electron chi connectivity index (χ3n) is 5.35. The summed E-state index contributed by atoms with van der Waals surface area (Å²) in [4.78, 5) is 14.4. The number of carbonyl (C=O) groups excluding carboxylic acids is 1. The highest BCUT2D eigenvalue weighted by Gasteiger charge is 2.30. The van der Waals surface area contributed by atoms with Crippen molar-refractivity contribution in [2.45, 2.75) is 76.3 Å². The molecule has 2 bridgehead atoms. The van der Waals surface area contributed by atoms with Gasteiger partial charge in [0, 0.05) is 31.6 Å². The Hall–Kier alpha value is -0.570. The van der Waals surface area contributed by atoms with E-state index < -0.39 is 0 Å². The number of hydrogen-bond acceptors (Lipinski definition) is 2. The molecule has 0 aromatic heterocycles. The van der Waals surface area contributed by atoms with Gasteiger partial charge in [0.05, 0.1) is 0 Å². The lowest BCUT2D eigenvalue weighted by atomic mass is 10.00. The molecule has 108 valence electrons. The third kappa shape index (κ3) is 3.50. The van der Waals surface area contributed by atoms with Gasteiger partial charge in [-0.05, 0) is 38.0 Å². The zero-order valence-electron chi connectivity index (χ0n) is 12.1. The molecule has 3 rings (SSSR count). The number of nitrogens with zero attached hydrogens (tertiary/aromatic N) is 1. The zero-order chi connectivity index (χ0) is 13.1. The van der Waals surface area contributed by atoms with Gasteiger partial charge in [-0.1, -0.05) is 25.7 Å². The first-order valence-corrected chi connectivity index (χ1v) is 8.35. The predicted molar refractivity (Wildman–Crippen MR) is 77.0 cm³/mol. The molecule has 0 radical (unpaired) electrons. The van der Waals surface area contributed by atoms with Gasteiger partial charge >= 0.3 is 0 Å². The van der Waals surface area contributed by atoms with E-state index >= 15 is 0 Å². The number of rotatable bonds is 4. The molecule has 1 saturated carbocycles. The Morgan fingerprint density at radius 1 is 1.05 bits per heavy atom. The lowest BCUT2D eigenvalue weighted by Gasteiger charge is -2.24. The van der Waals surface area contributed by atoms with Crippen LogP contribution >= 0.6 is 0 Å². The summed E-state index contributed by atoms with van der Waals surface area (Å²) >= 11 is 0. The molecule has 3 heteroatoms. The summed E-state index contributed by atoms with van der Waals surface area (Å²) in [6.07, 6.45) is 12.6. The Balaban J connectivity index is 1.39. The molecule has 3 fully saturated rings. The Morgan fingerprint density at radius 2 is 1.84 bits per heavy atom. The molecule has 0 aromatic rings. The van der Waals surface area contributed by atoms with E-state index in [0.29, 0.717) is 18.0 Å². The van der Waals surface area contributed by atoms with Crippen molar-refractivity contribution >= 4 is 5.91 Å². The van der Waals surface area contributed by atoms with Gasteiger partial charge in [0.1, 0.15) is 0 Å². The van der Waals surface area contributed by atoms with E-state index in [1.807, 2.05) is 0 Å². The first kappa shape index (κ1) is 13.4. The van der Waals surface area contributed by atoms with Crippen LogP contribution in [0, 0.1) is 5.92 Å². The highest BCUT2D eigenvalue weighted by Crippen LogP contribution is 2.29. The molecule has 1 N–H and O–H groups in total. The van der Waals surface area contributed by atoms with Crippen molar-refractivity contribution in [2.24, 2.45) is 5.92 Å². The van der Waals surface area contributed by atoms with Crippen LogP contribution in [0.25, 0.3) is 0 Å².